The van der Waals surface area contributed by atoms with E-state index in [-0.39, 0.29) is 0 Å². The summed E-state index contributed by atoms with van der Waals surface area (Å²) in [6.45, 7) is 9.59. The number of nitrogens with zero attached hydrogens (tertiary/aromatic N) is 2. The summed E-state index contributed by atoms with van der Waals surface area (Å²) in [5, 5.41) is 3.24. The Morgan fingerprint density at radius 2 is 2.22 bits per heavy atom. The maximum absolute atomic E-state index is 4.62. The molecule has 0 aliphatic heterocycles. The molecule has 0 saturated carbocycles. The van der Waals surface area contributed by atoms with Gasteiger partial charge in [0.25, 0.3) is 0 Å². The molecule has 3 nitrogen and oxygen atoms in total. The molecule has 98 valence electrons. The maximum Gasteiger partial charge on any atom is 0.194 e. The van der Waals surface area contributed by atoms with Gasteiger partial charge >= 0.3 is 0 Å². The molecule has 4 heteroatoms. The molecule has 0 spiro atoms. The quantitative estimate of drug-likeness (QED) is 0.917. The van der Waals surface area contributed by atoms with Crippen molar-refractivity contribution in [1.29, 1.82) is 0 Å². The van der Waals surface area contributed by atoms with E-state index in [0.29, 0.717) is 5.92 Å². The fourth-order valence-corrected chi connectivity index (χ4v) is 2.93. The van der Waals surface area contributed by atoms with Crippen LogP contribution in [-0.4, -0.2) is 23.0 Å². The van der Waals surface area contributed by atoms with Gasteiger partial charge in [-0.15, -0.1) is 11.3 Å². The Kier molecular flexibility index (Phi) is 3.88. The van der Waals surface area contributed by atoms with Crippen LogP contribution in [0.1, 0.15) is 30.1 Å². The van der Waals surface area contributed by atoms with Crippen molar-refractivity contribution < 1.29 is 0 Å². The standard InChI is InChI=1S/C14H21N3S/c1-9(2)12(7-15-5)6-13-11(4)16-14-17(13)8-10(3)18-14/h6,8-9,15H,7H2,1-5H3. The van der Waals surface area contributed by atoms with Crippen LogP contribution < -0.4 is 5.32 Å². The highest BCUT2D eigenvalue weighted by Gasteiger charge is 2.11. The van der Waals surface area contributed by atoms with Crippen LogP contribution in [-0.2, 0) is 0 Å². The number of aromatic nitrogens is 2. The van der Waals surface area contributed by atoms with E-state index >= 15 is 0 Å². The van der Waals surface area contributed by atoms with Gasteiger partial charge in [-0.25, -0.2) is 4.98 Å². The minimum absolute atomic E-state index is 0.544. The zero-order chi connectivity index (χ0) is 13.3. The lowest BCUT2D eigenvalue weighted by atomic mass is 10.0. The number of rotatable bonds is 4. The number of nitrogens with one attached hydrogen (secondary N) is 1. The van der Waals surface area contributed by atoms with Crippen LogP contribution >= 0.6 is 11.3 Å². The summed E-state index contributed by atoms with van der Waals surface area (Å²) in [7, 11) is 1.99. The molecule has 2 aromatic heterocycles. The van der Waals surface area contributed by atoms with Crippen molar-refractivity contribution >= 4 is 22.4 Å². The molecular weight excluding hydrogens is 242 g/mol. The average molecular weight is 263 g/mol. The summed E-state index contributed by atoms with van der Waals surface area (Å²) in [4.78, 5) is 7.01. The molecule has 0 unspecified atom stereocenters. The van der Waals surface area contributed by atoms with Crippen LogP contribution in [0, 0.1) is 19.8 Å². The summed E-state index contributed by atoms with van der Waals surface area (Å²) in [6.07, 6.45) is 4.45. The molecule has 2 rings (SSSR count). The van der Waals surface area contributed by atoms with Crippen LogP contribution in [0.4, 0.5) is 0 Å². The Morgan fingerprint density at radius 1 is 1.50 bits per heavy atom. The zero-order valence-corrected chi connectivity index (χ0v) is 12.6. The first-order valence-corrected chi connectivity index (χ1v) is 7.14. The summed E-state index contributed by atoms with van der Waals surface area (Å²) in [6, 6.07) is 0. The van der Waals surface area contributed by atoms with Crippen molar-refractivity contribution in [2.24, 2.45) is 5.92 Å². The van der Waals surface area contributed by atoms with E-state index < -0.39 is 0 Å². The second-order valence-electron chi connectivity index (χ2n) is 4.98. The van der Waals surface area contributed by atoms with Crippen molar-refractivity contribution in [1.82, 2.24) is 14.7 Å². The second kappa shape index (κ2) is 5.24. The first-order chi connectivity index (χ1) is 8.52. The van der Waals surface area contributed by atoms with Gasteiger partial charge in [-0.05, 0) is 32.9 Å². The number of aryl methyl sites for hydroxylation is 2. The maximum atomic E-state index is 4.62. The molecule has 0 saturated heterocycles. The van der Waals surface area contributed by atoms with Gasteiger partial charge in [0.1, 0.15) is 0 Å². The Labute approximate surface area is 113 Å². The third-order valence-corrected chi connectivity index (χ3v) is 4.01. The number of thiazole rings is 1. The summed E-state index contributed by atoms with van der Waals surface area (Å²) in [5.74, 6) is 0.544. The Bertz CT molecular complexity index is 575. The van der Waals surface area contributed by atoms with Gasteiger partial charge < -0.3 is 5.32 Å². The van der Waals surface area contributed by atoms with Crippen molar-refractivity contribution in [3.8, 4) is 0 Å². The van der Waals surface area contributed by atoms with Crippen LogP contribution in [0.3, 0.4) is 0 Å². The third-order valence-electron chi connectivity index (χ3n) is 3.11. The monoisotopic (exact) mass is 263 g/mol. The van der Waals surface area contributed by atoms with Crippen molar-refractivity contribution in [2.45, 2.75) is 27.7 Å². The van der Waals surface area contributed by atoms with E-state index in [1.165, 1.54) is 16.1 Å². The predicted octanol–water partition coefficient (Wildman–Crippen LogP) is 3.27. The fraction of sp³-hybridized carbons (Fsp3) is 0.500. The normalized spacial score (nSPS) is 12.9. The SMILES string of the molecule is CNCC(=Cc1c(C)nc2sc(C)cn12)C(C)C. The predicted molar refractivity (Wildman–Crippen MR) is 79.3 cm³/mol. The molecule has 18 heavy (non-hydrogen) atoms. The summed E-state index contributed by atoms with van der Waals surface area (Å²) >= 11 is 1.74. The van der Waals surface area contributed by atoms with Gasteiger partial charge in [0, 0.05) is 17.6 Å². The van der Waals surface area contributed by atoms with Crippen LogP contribution in [0.2, 0.25) is 0 Å². The summed E-state index contributed by atoms with van der Waals surface area (Å²) < 4.78 is 2.20. The highest BCUT2D eigenvalue weighted by Crippen LogP contribution is 2.23. The van der Waals surface area contributed by atoms with Crippen molar-refractivity contribution in [3.63, 3.8) is 0 Å². The molecule has 2 heterocycles. The highest BCUT2D eigenvalue weighted by atomic mass is 32.1. The molecule has 2 aromatic rings. The zero-order valence-electron chi connectivity index (χ0n) is 11.7. The Balaban J connectivity index is 2.51. The Morgan fingerprint density at radius 3 is 2.83 bits per heavy atom. The topological polar surface area (TPSA) is 29.3 Å². The molecule has 1 N–H and O–H groups in total. The van der Waals surface area contributed by atoms with E-state index in [0.717, 1.165) is 17.2 Å². The lowest BCUT2D eigenvalue weighted by Crippen LogP contribution is -2.14. The van der Waals surface area contributed by atoms with E-state index in [2.05, 4.69) is 54.7 Å². The van der Waals surface area contributed by atoms with Crippen LogP contribution in [0.25, 0.3) is 11.0 Å². The van der Waals surface area contributed by atoms with Gasteiger partial charge in [-0.1, -0.05) is 19.4 Å². The molecule has 0 aliphatic rings. The minimum Gasteiger partial charge on any atom is -0.316 e. The molecule has 0 aliphatic carbocycles. The van der Waals surface area contributed by atoms with E-state index in [9.17, 15) is 0 Å². The lowest BCUT2D eigenvalue weighted by molar-refractivity contribution is 0.712. The molecule has 0 aromatic carbocycles. The molecule has 0 fully saturated rings. The first kappa shape index (κ1) is 13.3. The number of hydrogen-bond acceptors (Lipinski definition) is 3. The van der Waals surface area contributed by atoms with Crippen molar-refractivity contribution in [2.75, 3.05) is 13.6 Å². The van der Waals surface area contributed by atoms with Gasteiger partial charge in [0.05, 0.1) is 11.4 Å². The number of imidazole rings is 1. The number of hydrogen-bond donors (Lipinski definition) is 1. The van der Waals surface area contributed by atoms with Gasteiger partial charge in [-0.3, -0.25) is 4.40 Å². The summed E-state index contributed by atoms with van der Waals surface area (Å²) in [5.41, 5.74) is 3.73. The lowest BCUT2D eigenvalue weighted by Gasteiger charge is -2.10. The molecule has 0 atom stereocenters. The molecular formula is C14H21N3S. The van der Waals surface area contributed by atoms with Gasteiger partial charge in [-0.2, -0.15) is 0 Å². The Hall–Kier alpha value is -1.13. The van der Waals surface area contributed by atoms with Gasteiger partial charge in [0.15, 0.2) is 4.96 Å². The first-order valence-electron chi connectivity index (χ1n) is 6.33. The van der Waals surface area contributed by atoms with Crippen LogP contribution in [0.5, 0.6) is 0 Å². The second-order valence-corrected chi connectivity index (χ2v) is 6.19. The molecule has 0 bridgehead atoms. The van der Waals surface area contributed by atoms with E-state index in [1.807, 2.05) is 7.05 Å². The van der Waals surface area contributed by atoms with Gasteiger partial charge in [0.2, 0.25) is 0 Å². The van der Waals surface area contributed by atoms with E-state index in [1.54, 1.807) is 11.3 Å². The number of likely N-dealkylation sites (N-methyl/N-ethyl adjacent to an activating group) is 1. The minimum atomic E-state index is 0.544. The molecule has 0 amide bonds. The largest absolute Gasteiger partial charge is 0.316 e. The smallest absolute Gasteiger partial charge is 0.194 e. The van der Waals surface area contributed by atoms with E-state index in [4.69, 9.17) is 0 Å². The van der Waals surface area contributed by atoms with Crippen molar-refractivity contribution in [3.05, 3.63) is 28.0 Å². The number of fused-ring (bicyclic) bond motifs is 1. The fourth-order valence-electron chi connectivity index (χ4n) is 2.06. The highest BCUT2D eigenvalue weighted by molar-refractivity contribution is 7.17. The third kappa shape index (κ3) is 2.49. The van der Waals surface area contributed by atoms with Crippen LogP contribution in [0.15, 0.2) is 11.8 Å². The molecule has 0 radical (unpaired) electrons. The average Bonchev–Trinajstić information content (AvgIpc) is 2.75.